The summed E-state index contributed by atoms with van der Waals surface area (Å²) in [6, 6.07) is 0.330. The van der Waals surface area contributed by atoms with Gasteiger partial charge in [0.25, 0.3) is 0 Å². The normalized spacial score (nSPS) is 15.9. The average molecular weight is 205 g/mol. The van der Waals surface area contributed by atoms with Gasteiger partial charge in [0.2, 0.25) is 0 Å². The Morgan fingerprint density at radius 1 is 1.21 bits per heavy atom. The number of nitrogens with zero attached hydrogens (tertiary/aromatic N) is 1. The van der Waals surface area contributed by atoms with E-state index in [1.807, 2.05) is 0 Å². The van der Waals surface area contributed by atoms with Crippen molar-refractivity contribution in [2.24, 2.45) is 0 Å². The smallest absolute Gasteiger partial charge is 0.0900 e. The van der Waals surface area contributed by atoms with E-state index in [0.29, 0.717) is 25.8 Å². The fourth-order valence-electron chi connectivity index (χ4n) is 1.48. The summed E-state index contributed by atoms with van der Waals surface area (Å²) in [5, 5.41) is 9.56. The molecule has 86 valence electrons. The molecule has 2 unspecified atom stereocenters. The van der Waals surface area contributed by atoms with Crippen LogP contribution in [-0.4, -0.2) is 62.7 Å². The van der Waals surface area contributed by atoms with E-state index in [1.54, 1.807) is 14.2 Å². The zero-order valence-electron chi connectivity index (χ0n) is 9.69. The highest BCUT2D eigenvalue weighted by Crippen LogP contribution is 2.01. The lowest BCUT2D eigenvalue weighted by Gasteiger charge is -2.29. The van der Waals surface area contributed by atoms with Crippen molar-refractivity contribution in [2.75, 3.05) is 40.5 Å². The molecule has 4 heteroatoms. The Labute approximate surface area is 86.8 Å². The van der Waals surface area contributed by atoms with E-state index in [4.69, 9.17) is 9.47 Å². The molecule has 0 aliphatic heterocycles. The Kier molecular flexibility index (Phi) is 8.08. The maximum Gasteiger partial charge on any atom is 0.0900 e. The molecule has 0 spiro atoms. The molecule has 0 aromatic carbocycles. The summed E-state index contributed by atoms with van der Waals surface area (Å²) >= 11 is 0. The van der Waals surface area contributed by atoms with E-state index in [2.05, 4.69) is 18.7 Å². The first kappa shape index (κ1) is 13.8. The summed E-state index contributed by atoms with van der Waals surface area (Å²) in [6.07, 6.45) is -0.417. The first-order valence-electron chi connectivity index (χ1n) is 5.05. The van der Waals surface area contributed by atoms with Gasteiger partial charge in [-0.3, -0.25) is 4.90 Å². The topological polar surface area (TPSA) is 41.9 Å². The molecule has 4 nitrogen and oxygen atoms in total. The highest BCUT2D eigenvalue weighted by Gasteiger charge is 2.15. The van der Waals surface area contributed by atoms with Crippen LogP contribution < -0.4 is 0 Å². The van der Waals surface area contributed by atoms with E-state index in [-0.39, 0.29) is 0 Å². The van der Waals surface area contributed by atoms with E-state index in [0.717, 1.165) is 6.54 Å². The first-order valence-corrected chi connectivity index (χ1v) is 5.05. The van der Waals surface area contributed by atoms with Gasteiger partial charge >= 0.3 is 0 Å². The summed E-state index contributed by atoms with van der Waals surface area (Å²) in [4.78, 5) is 2.17. The molecular formula is C10H23NO3. The summed E-state index contributed by atoms with van der Waals surface area (Å²) in [5.41, 5.74) is 0. The van der Waals surface area contributed by atoms with Crippen LogP contribution in [0.4, 0.5) is 0 Å². The van der Waals surface area contributed by atoms with Crippen LogP contribution in [0, 0.1) is 0 Å². The van der Waals surface area contributed by atoms with Crippen molar-refractivity contribution in [1.29, 1.82) is 0 Å². The fraction of sp³-hybridized carbons (Fsp3) is 1.00. The fourth-order valence-corrected chi connectivity index (χ4v) is 1.48. The van der Waals surface area contributed by atoms with Crippen molar-refractivity contribution < 1.29 is 14.6 Å². The van der Waals surface area contributed by atoms with Gasteiger partial charge in [0, 0.05) is 26.8 Å². The minimum absolute atomic E-state index is 0.330. The molecule has 0 aromatic rings. The van der Waals surface area contributed by atoms with E-state index in [9.17, 15) is 5.11 Å². The molecule has 0 saturated carbocycles. The summed E-state index contributed by atoms with van der Waals surface area (Å²) in [5.74, 6) is 0. The zero-order chi connectivity index (χ0) is 11.0. The molecule has 0 saturated heterocycles. The molecule has 0 aliphatic rings. The van der Waals surface area contributed by atoms with Crippen LogP contribution in [-0.2, 0) is 9.47 Å². The van der Waals surface area contributed by atoms with Crippen molar-refractivity contribution >= 4 is 0 Å². The molecule has 0 bridgehead atoms. The van der Waals surface area contributed by atoms with Gasteiger partial charge in [-0.25, -0.2) is 0 Å². The first-order chi connectivity index (χ1) is 6.65. The third kappa shape index (κ3) is 5.54. The second-order valence-corrected chi connectivity index (χ2v) is 3.50. The van der Waals surface area contributed by atoms with Gasteiger partial charge in [-0.15, -0.1) is 0 Å². The van der Waals surface area contributed by atoms with E-state index >= 15 is 0 Å². The summed E-state index contributed by atoms with van der Waals surface area (Å²) in [6.45, 7) is 6.78. The standard InChI is InChI=1S/C10H23NO3/c1-5-11(9(2)7-13-3)6-10(12)8-14-4/h9-10,12H,5-8H2,1-4H3. The Morgan fingerprint density at radius 2 is 1.79 bits per heavy atom. The zero-order valence-corrected chi connectivity index (χ0v) is 9.69. The summed E-state index contributed by atoms with van der Waals surface area (Å²) in [7, 11) is 3.29. The van der Waals surface area contributed by atoms with E-state index < -0.39 is 6.10 Å². The van der Waals surface area contributed by atoms with Gasteiger partial charge in [-0.1, -0.05) is 6.92 Å². The summed E-state index contributed by atoms with van der Waals surface area (Å²) < 4.78 is 9.95. The van der Waals surface area contributed by atoms with Crippen LogP contribution >= 0.6 is 0 Å². The third-order valence-corrected chi connectivity index (χ3v) is 2.24. The van der Waals surface area contributed by atoms with Crippen LogP contribution in [0.25, 0.3) is 0 Å². The monoisotopic (exact) mass is 205 g/mol. The Morgan fingerprint density at radius 3 is 2.21 bits per heavy atom. The van der Waals surface area contributed by atoms with Gasteiger partial charge in [0.1, 0.15) is 0 Å². The van der Waals surface area contributed by atoms with Gasteiger partial charge in [-0.05, 0) is 13.5 Å². The van der Waals surface area contributed by atoms with Crippen molar-refractivity contribution in [3.8, 4) is 0 Å². The lowest BCUT2D eigenvalue weighted by molar-refractivity contribution is 0.0176. The number of methoxy groups -OCH3 is 2. The van der Waals surface area contributed by atoms with Crippen LogP contribution in [0.15, 0.2) is 0 Å². The maximum atomic E-state index is 9.56. The highest BCUT2D eigenvalue weighted by atomic mass is 16.5. The quantitative estimate of drug-likeness (QED) is 0.621. The van der Waals surface area contributed by atoms with Crippen molar-refractivity contribution in [1.82, 2.24) is 4.90 Å². The molecule has 0 heterocycles. The van der Waals surface area contributed by atoms with E-state index in [1.165, 1.54) is 0 Å². The number of likely N-dealkylation sites (N-methyl/N-ethyl adjacent to an activating group) is 1. The molecule has 0 radical (unpaired) electrons. The Balaban J connectivity index is 3.87. The molecule has 2 atom stereocenters. The lowest BCUT2D eigenvalue weighted by atomic mass is 10.2. The minimum atomic E-state index is -0.417. The van der Waals surface area contributed by atoms with Gasteiger partial charge < -0.3 is 14.6 Å². The molecular weight excluding hydrogens is 182 g/mol. The number of aliphatic hydroxyl groups excluding tert-OH is 1. The van der Waals surface area contributed by atoms with Crippen molar-refractivity contribution in [3.63, 3.8) is 0 Å². The second-order valence-electron chi connectivity index (χ2n) is 3.50. The molecule has 0 amide bonds. The average Bonchev–Trinajstić information content (AvgIpc) is 2.15. The Bertz CT molecular complexity index is 133. The SMILES string of the molecule is CCN(CC(O)COC)C(C)COC. The predicted molar refractivity (Wildman–Crippen MR) is 56.5 cm³/mol. The molecule has 1 N–H and O–H groups in total. The van der Waals surface area contributed by atoms with Gasteiger partial charge in [0.15, 0.2) is 0 Å². The largest absolute Gasteiger partial charge is 0.389 e. The molecule has 0 rings (SSSR count). The van der Waals surface area contributed by atoms with Crippen molar-refractivity contribution in [3.05, 3.63) is 0 Å². The van der Waals surface area contributed by atoms with Crippen LogP contribution in [0.1, 0.15) is 13.8 Å². The number of hydrogen-bond donors (Lipinski definition) is 1. The predicted octanol–water partition coefficient (Wildman–Crippen LogP) is 0.350. The number of hydrogen-bond acceptors (Lipinski definition) is 4. The Hall–Kier alpha value is -0.160. The molecule has 14 heavy (non-hydrogen) atoms. The third-order valence-electron chi connectivity index (χ3n) is 2.24. The number of ether oxygens (including phenoxy) is 2. The maximum absolute atomic E-state index is 9.56. The van der Waals surface area contributed by atoms with Gasteiger partial charge in [-0.2, -0.15) is 0 Å². The minimum Gasteiger partial charge on any atom is -0.389 e. The molecule has 0 fully saturated rings. The van der Waals surface area contributed by atoms with Crippen LogP contribution in [0.2, 0.25) is 0 Å². The highest BCUT2D eigenvalue weighted by molar-refractivity contribution is 4.69. The lowest BCUT2D eigenvalue weighted by Crippen LogP contribution is -2.42. The van der Waals surface area contributed by atoms with Crippen LogP contribution in [0.5, 0.6) is 0 Å². The number of aliphatic hydroxyl groups is 1. The van der Waals surface area contributed by atoms with Gasteiger partial charge in [0.05, 0.1) is 19.3 Å². The van der Waals surface area contributed by atoms with Crippen LogP contribution in [0.3, 0.4) is 0 Å². The molecule has 0 aromatic heterocycles. The number of rotatable bonds is 8. The van der Waals surface area contributed by atoms with Crippen molar-refractivity contribution in [2.45, 2.75) is 26.0 Å². The molecule has 0 aliphatic carbocycles. The second kappa shape index (κ2) is 8.17.